The summed E-state index contributed by atoms with van der Waals surface area (Å²) in [6.07, 6.45) is 5.52. The zero-order valence-corrected chi connectivity index (χ0v) is 20.5. The van der Waals surface area contributed by atoms with E-state index in [4.69, 9.17) is 9.47 Å². The highest BCUT2D eigenvalue weighted by Crippen LogP contribution is 2.20. The highest BCUT2D eigenvalue weighted by Gasteiger charge is 2.08. The summed E-state index contributed by atoms with van der Waals surface area (Å²) in [5.74, 6) is 1.58. The number of nitrogens with one attached hydrogen (secondary N) is 2. The predicted molar refractivity (Wildman–Crippen MR) is 135 cm³/mol. The van der Waals surface area contributed by atoms with Crippen LogP contribution in [0.25, 0.3) is 5.69 Å². The Morgan fingerprint density at radius 3 is 2.55 bits per heavy atom. The van der Waals surface area contributed by atoms with E-state index in [1.807, 2.05) is 29.0 Å². The number of imidazole rings is 1. The molecule has 0 atom stereocenters. The average molecular weight is 535 g/mol. The number of rotatable bonds is 9. The maximum atomic E-state index is 5.88. The summed E-state index contributed by atoms with van der Waals surface area (Å²) in [5.41, 5.74) is 4.46. The molecule has 2 aromatic carbocycles. The fourth-order valence-electron chi connectivity index (χ4n) is 3.07. The van der Waals surface area contributed by atoms with Crippen molar-refractivity contribution in [2.24, 2.45) is 4.99 Å². The third-order valence-corrected chi connectivity index (χ3v) is 4.66. The molecule has 0 unspecified atom stereocenters. The number of para-hydroxylation sites is 1. The van der Waals surface area contributed by atoms with E-state index < -0.39 is 0 Å². The van der Waals surface area contributed by atoms with Crippen LogP contribution in [-0.2, 0) is 17.8 Å². The summed E-state index contributed by atoms with van der Waals surface area (Å²) in [7, 11) is 3.44. The molecule has 166 valence electrons. The van der Waals surface area contributed by atoms with Crippen LogP contribution in [0.4, 0.5) is 0 Å². The molecule has 3 rings (SSSR count). The van der Waals surface area contributed by atoms with Crippen LogP contribution >= 0.6 is 24.0 Å². The van der Waals surface area contributed by atoms with E-state index in [1.165, 1.54) is 0 Å². The topological polar surface area (TPSA) is 72.7 Å². The molecular formula is C23H30IN5O2. The van der Waals surface area contributed by atoms with Crippen molar-refractivity contribution in [3.63, 3.8) is 0 Å². The van der Waals surface area contributed by atoms with Gasteiger partial charge < -0.3 is 24.7 Å². The molecule has 0 spiro atoms. The molecule has 0 saturated heterocycles. The molecule has 1 heterocycles. The van der Waals surface area contributed by atoms with Crippen LogP contribution in [0.5, 0.6) is 5.75 Å². The van der Waals surface area contributed by atoms with E-state index >= 15 is 0 Å². The van der Waals surface area contributed by atoms with E-state index in [2.05, 4.69) is 51.8 Å². The molecule has 0 amide bonds. The van der Waals surface area contributed by atoms with Crippen molar-refractivity contribution in [1.82, 2.24) is 20.2 Å². The molecule has 1 aromatic heterocycles. The number of aromatic nitrogens is 2. The summed E-state index contributed by atoms with van der Waals surface area (Å²) in [4.78, 5) is 8.49. The first-order valence-electron chi connectivity index (χ1n) is 9.93. The minimum Gasteiger partial charge on any atom is -0.491 e. The molecule has 0 aliphatic heterocycles. The quantitative estimate of drug-likeness (QED) is 0.189. The molecule has 0 radical (unpaired) electrons. The van der Waals surface area contributed by atoms with E-state index in [1.54, 1.807) is 26.7 Å². The van der Waals surface area contributed by atoms with E-state index in [-0.39, 0.29) is 24.0 Å². The number of aryl methyl sites for hydroxylation is 1. The Labute approximate surface area is 200 Å². The largest absolute Gasteiger partial charge is 0.491 e. The second-order valence-corrected chi connectivity index (χ2v) is 6.83. The molecule has 0 bridgehead atoms. The lowest BCUT2D eigenvalue weighted by Crippen LogP contribution is -2.36. The first kappa shape index (κ1) is 24.7. The van der Waals surface area contributed by atoms with Gasteiger partial charge in [0.2, 0.25) is 0 Å². The van der Waals surface area contributed by atoms with Gasteiger partial charge in [-0.15, -0.1) is 24.0 Å². The van der Waals surface area contributed by atoms with Crippen molar-refractivity contribution >= 4 is 29.9 Å². The first-order valence-corrected chi connectivity index (χ1v) is 9.93. The number of halogens is 1. The highest BCUT2D eigenvalue weighted by molar-refractivity contribution is 14.0. The summed E-state index contributed by atoms with van der Waals surface area (Å²) in [6, 6.07) is 14.4. The zero-order chi connectivity index (χ0) is 21.2. The van der Waals surface area contributed by atoms with Gasteiger partial charge in [-0.3, -0.25) is 4.99 Å². The lowest BCUT2D eigenvalue weighted by molar-refractivity contribution is 0.145. The molecule has 0 fully saturated rings. The van der Waals surface area contributed by atoms with Gasteiger partial charge in [0.05, 0.1) is 18.6 Å². The Hall–Kier alpha value is -2.59. The van der Waals surface area contributed by atoms with Gasteiger partial charge in [0, 0.05) is 45.2 Å². The average Bonchev–Trinajstić information content (AvgIpc) is 3.30. The fourth-order valence-corrected chi connectivity index (χ4v) is 3.07. The smallest absolute Gasteiger partial charge is 0.191 e. The number of aliphatic imine (C=N–C) groups is 1. The molecule has 3 aromatic rings. The number of guanidine groups is 1. The molecule has 7 nitrogen and oxygen atoms in total. The summed E-state index contributed by atoms with van der Waals surface area (Å²) < 4.78 is 13.0. The van der Waals surface area contributed by atoms with Crippen LogP contribution in [0.1, 0.15) is 16.7 Å². The van der Waals surface area contributed by atoms with Crippen molar-refractivity contribution in [1.29, 1.82) is 0 Å². The van der Waals surface area contributed by atoms with Crippen molar-refractivity contribution in [3.05, 3.63) is 77.9 Å². The highest BCUT2D eigenvalue weighted by atomic mass is 127. The second-order valence-electron chi connectivity index (χ2n) is 6.83. The number of benzene rings is 2. The van der Waals surface area contributed by atoms with Gasteiger partial charge in [0.25, 0.3) is 0 Å². The minimum atomic E-state index is 0. The van der Waals surface area contributed by atoms with Gasteiger partial charge in [0.15, 0.2) is 5.96 Å². The van der Waals surface area contributed by atoms with Gasteiger partial charge in [0.1, 0.15) is 12.4 Å². The number of ether oxygens (including phenoxy) is 2. The standard InChI is InChI=1S/C23H29N5O2.HI/c1-18-8-9-20(22(14-18)30-13-12-29-3)16-27-23(24-2)26-15-19-6-4-5-7-21(19)28-11-10-25-17-28;/h4-11,14,17H,12-13,15-16H2,1-3H3,(H2,24,26,27);1H. The number of hydrogen-bond donors (Lipinski definition) is 2. The number of hydrogen-bond acceptors (Lipinski definition) is 4. The van der Waals surface area contributed by atoms with Crippen LogP contribution in [0.3, 0.4) is 0 Å². The van der Waals surface area contributed by atoms with E-state index in [9.17, 15) is 0 Å². The van der Waals surface area contributed by atoms with Gasteiger partial charge in [-0.2, -0.15) is 0 Å². The molecule has 0 aliphatic carbocycles. The van der Waals surface area contributed by atoms with Crippen LogP contribution in [0.2, 0.25) is 0 Å². The van der Waals surface area contributed by atoms with Crippen molar-refractivity contribution in [3.8, 4) is 11.4 Å². The Balaban J connectivity index is 0.00000341. The minimum absolute atomic E-state index is 0. The lowest BCUT2D eigenvalue weighted by Gasteiger charge is -2.16. The molecule has 2 N–H and O–H groups in total. The first-order chi connectivity index (χ1) is 14.7. The maximum Gasteiger partial charge on any atom is 0.191 e. The molecule has 8 heteroatoms. The summed E-state index contributed by atoms with van der Waals surface area (Å²) in [6.45, 7) is 4.37. The van der Waals surface area contributed by atoms with Crippen LogP contribution in [0, 0.1) is 6.92 Å². The normalized spacial score (nSPS) is 11.0. The Morgan fingerprint density at radius 1 is 1.06 bits per heavy atom. The molecule has 31 heavy (non-hydrogen) atoms. The summed E-state index contributed by atoms with van der Waals surface area (Å²) >= 11 is 0. The molecule has 0 aliphatic rings. The van der Waals surface area contributed by atoms with Gasteiger partial charge >= 0.3 is 0 Å². The molecule has 0 saturated carbocycles. The third kappa shape index (κ3) is 7.25. The van der Waals surface area contributed by atoms with E-state index in [0.717, 1.165) is 34.1 Å². The molecular weight excluding hydrogens is 505 g/mol. The Kier molecular flexibility index (Phi) is 10.3. The van der Waals surface area contributed by atoms with Gasteiger partial charge in [-0.05, 0) is 30.2 Å². The van der Waals surface area contributed by atoms with Gasteiger partial charge in [-0.25, -0.2) is 4.98 Å². The van der Waals surface area contributed by atoms with Crippen LogP contribution in [-0.4, -0.2) is 42.9 Å². The Bertz CT molecular complexity index is 960. The third-order valence-electron chi connectivity index (χ3n) is 4.66. The van der Waals surface area contributed by atoms with Crippen molar-refractivity contribution in [2.45, 2.75) is 20.0 Å². The predicted octanol–water partition coefficient (Wildman–Crippen LogP) is 3.69. The van der Waals surface area contributed by atoms with Crippen LogP contribution < -0.4 is 15.4 Å². The summed E-state index contributed by atoms with van der Waals surface area (Å²) in [5, 5.41) is 6.75. The number of nitrogens with zero attached hydrogens (tertiary/aromatic N) is 3. The fraction of sp³-hybridized carbons (Fsp3) is 0.304. The van der Waals surface area contributed by atoms with Gasteiger partial charge in [-0.1, -0.05) is 30.3 Å². The van der Waals surface area contributed by atoms with Crippen molar-refractivity contribution < 1.29 is 9.47 Å². The number of methoxy groups -OCH3 is 1. The Morgan fingerprint density at radius 2 is 1.84 bits per heavy atom. The van der Waals surface area contributed by atoms with Crippen LogP contribution in [0.15, 0.2) is 66.2 Å². The SMILES string of the molecule is CN=C(NCc1ccc(C)cc1OCCOC)NCc1ccccc1-n1ccnc1.I. The maximum absolute atomic E-state index is 5.88. The second kappa shape index (κ2) is 13.0. The zero-order valence-electron chi connectivity index (χ0n) is 18.2. The monoisotopic (exact) mass is 535 g/mol. The van der Waals surface area contributed by atoms with E-state index in [0.29, 0.717) is 26.3 Å². The lowest BCUT2D eigenvalue weighted by atomic mass is 10.1. The van der Waals surface area contributed by atoms with Crippen molar-refractivity contribution in [2.75, 3.05) is 27.4 Å².